The first-order chi connectivity index (χ1) is 14.0. The number of anilines is 1. The molecule has 0 fully saturated rings. The third kappa shape index (κ3) is 5.44. The van der Waals surface area contributed by atoms with Gasteiger partial charge in [-0.1, -0.05) is 12.1 Å². The first-order valence-corrected chi connectivity index (χ1v) is 10.1. The van der Waals surface area contributed by atoms with Gasteiger partial charge in [-0.25, -0.2) is 4.79 Å². The van der Waals surface area contributed by atoms with Crippen molar-refractivity contribution in [2.75, 3.05) is 38.4 Å². The Kier molecular flexibility index (Phi) is 7.03. The molecule has 1 amide bonds. The molecule has 0 spiro atoms. The van der Waals surface area contributed by atoms with Crippen LogP contribution >= 0.6 is 11.3 Å². The number of carboxylic acids is 1. The average Bonchev–Trinajstić information content (AvgIpc) is 3.23. The zero-order valence-corrected chi connectivity index (χ0v) is 17.3. The third-order valence-electron chi connectivity index (χ3n) is 4.42. The van der Waals surface area contributed by atoms with Crippen molar-refractivity contribution in [3.8, 4) is 0 Å². The summed E-state index contributed by atoms with van der Waals surface area (Å²) in [7, 11) is 1.62. The summed E-state index contributed by atoms with van der Waals surface area (Å²) in [6.07, 6.45) is 0.238. The quantitative estimate of drug-likeness (QED) is 0.494. The zero-order chi connectivity index (χ0) is 20.8. The lowest BCUT2D eigenvalue weighted by molar-refractivity contribution is -0.118. The molecule has 2 aromatic heterocycles. The third-order valence-corrected chi connectivity index (χ3v) is 5.50. The highest BCUT2D eigenvalue weighted by molar-refractivity contribution is 7.19. The van der Waals surface area contributed by atoms with Crippen LogP contribution in [0.2, 0.25) is 0 Å². The molecule has 0 bridgehead atoms. The summed E-state index contributed by atoms with van der Waals surface area (Å²) >= 11 is 1.42. The number of aromatic carboxylic acids is 1. The van der Waals surface area contributed by atoms with E-state index in [1.165, 1.54) is 11.3 Å². The molecule has 0 aliphatic carbocycles. The SMILES string of the molecule is COCCOCCN(C(=O)Cc1cc2[nH]c(C(=O)O)cc2s1)c1cccc(C)c1. The van der Waals surface area contributed by atoms with Crippen LogP contribution in [0.4, 0.5) is 5.69 Å². The summed E-state index contributed by atoms with van der Waals surface area (Å²) < 4.78 is 11.4. The Labute approximate surface area is 172 Å². The minimum atomic E-state index is -0.995. The number of thiophene rings is 1. The topological polar surface area (TPSA) is 91.9 Å². The van der Waals surface area contributed by atoms with Crippen LogP contribution in [-0.4, -0.2) is 55.4 Å². The van der Waals surface area contributed by atoms with E-state index in [0.29, 0.717) is 26.4 Å². The zero-order valence-electron chi connectivity index (χ0n) is 16.4. The molecule has 1 aromatic carbocycles. The van der Waals surface area contributed by atoms with Crippen LogP contribution in [0.3, 0.4) is 0 Å². The van der Waals surface area contributed by atoms with Crippen LogP contribution in [0, 0.1) is 6.92 Å². The molecule has 2 heterocycles. The summed E-state index contributed by atoms with van der Waals surface area (Å²) in [6.45, 7) is 3.84. The van der Waals surface area contributed by atoms with E-state index in [1.807, 2.05) is 37.3 Å². The number of aryl methyl sites for hydroxylation is 1. The molecule has 154 valence electrons. The van der Waals surface area contributed by atoms with Crippen LogP contribution in [0.5, 0.6) is 0 Å². The Morgan fingerprint density at radius 2 is 2.00 bits per heavy atom. The van der Waals surface area contributed by atoms with Crippen molar-refractivity contribution in [3.63, 3.8) is 0 Å². The number of nitrogens with one attached hydrogen (secondary N) is 1. The van der Waals surface area contributed by atoms with Crippen molar-refractivity contribution in [1.82, 2.24) is 4.98 Å². The monoisotopic (exact) mass is 416 g/mol. The number of nitrogens with zero attached hydrogens (tertiary/aromatic N) is 1. The maximum absolute atomic E-state index is 13.1. The lowest BCUT2D eigenvalue weighted by Gasteiger charge is -2.23. The normalized spacial score (nSPS) is 11.1. The van der Waals surface area contributed by atoms with Gasteiger partial charge in [-0.15, -0.1) is 11.3 Å². The standard InChI is InChI=1S/C21H24N2O5S/c1-14-4-3-5-15(10-14)23(6-7-28-9-8-27-2)20(24)12-16-11-17-19(29-16)13-18(22-17)21(25)26/h3-5,10-11,13,22H,6-9,12H2,1-2H3,(H,25,26). The van der Waals surface area contributed by atoms with E-state index in [4.69, 9.17) is 14.6 Å². The smallest absolute Gasteiger partial charge is 0.352 e. The Morgan fingerprint density at radius 3 is 2.69 bits per heavy atom. The van der Waals surface area contributed by atoms with Crippen LogP contribution in [0.15, 0.2) is 36.4 Å². The van der Waals surface area contributed by atoms with E-state index >= 15 is 0 Å². The second kappa shape index (κ2) is 9.69. The molecule has 0 unspecified atom stereocenters. The van der Waals surface area contributed by atoms with Crippen molar-refractivity contribution >= 4 is 39.1 Å². The molecular weight excluding hydrogens is 392 g/mol. The first kappa shape index (κ1) is 21.0. The highest BCUT2D eigenvalue weighted by Crippen LogP contribution is 2.27. The van der Waals surface area contributed by atoms with Gasteiger partial charge in [0.05, 0.1) is 36.5 Å². The Morgan fingerprint density at radius 1 is 1.17 bits per heavy atom. The molecule has 7 nitrogen and oxygen atoms in total. The van der Waals surface area contributed by atoms with Crippen molar-refractivity contribution in [3.05, 3.63) is 52.5 Å². The molecule has 0 saturated carbocycles. The minimum absolute atomic E-state index is 0.0340. The lowest BCUT2D eigenvalue weighted by atomic mass is 10.2. The number of hydrogen-bond acceptors (Lipinski definition) is 5. The van der Waals surface area contributed by atoms with Crippen LogP contribution in [-0.2, 0) is 20.7 Å². The fourth-order valence-electron chi connectivity index (χ4n) is 3.02. The number of hydrogen-bond donors (Lipinski definition) is 2. The maximum atomic E-state index is 13.1. The number of fused-ring (bicyclic) bond motifs is 1. The summed E-state index contributed by atoms with van der Waals surface area (Å²) in [4.78, 5) is 29.6. The number of aromatic nitrogens is 1. The predicted octanol–water partition coefficient (Wildman–Crippen LogP) is 3.47. The van der Waals surface area contributed by atoms with Gasteiger partial charge in [0.2, 0.25) is 5.91 Å². The highest BCUT2D eigenvalue weighted by atomic mass is 32.1. The fraction of sp³-hybridized carbons (Fsp3) is 0.333. The number of benzene rings is 1. The summed E-state index contributed by atoms with van der Waals surface area (Å²) in [5.41, 5.74) is 2.80. The number of carbonyl (C=O) groups is 2. The van der Waals surface area contributed by atoms with Crippen molar-refractivity contribution in [2.45, 2.75) is 13.3 Å². The number of methoxy groups -OCH3 is 1. The van der Waals surface area contributed by atoms with Gasteiger partial charge in [-0.3, -0.25) is 4.79 Å². The van der Waals surface area contributed by atoms with Gasteiger partial charge in [0.15, 0.2) is 0 Å². The van der Waals surface area contributed by atoms with Crippen LogP contribution < -0.4 is 4.90 Å². The number of rotatable bonds is 10. The number of ether oxygens (including phenoxy) is 2. The molecule has 0 atom stereocenters. The molecule has 0 radical (unpaired) electrons. The van der Waals surface area contributed by atoms with E-state index in [0.717, 1.165) is 26.3 Å². The second-order valence-corrected chi connectivity index (χ2v) is 7.81. The number of H-pyrrole nitrogens is 1. The van der Waals surface area contributed by atoms with Gasteiger partial charge in [0.25, 0.3) is 0 Å². The maximum Gasteiger partial charge on any atom is 0.352 e. The van der Waals surface area contributed by atoms with E-state index < -0.39 is 5.97 Å². The van der Waals surface area contributed by atoms with Gasteiger partial charge < -0.3 is 24.5 Å². The number of carbonyl (C=O) groups excluding carboxylic acids is 1. The summed E-state index contributed by atoms with van der Waals surface area (Å²) in [5.74, 6) is -1.03. The van der Waals surface area contributed by atoms with E-state index in [9.17, 15) is 9.59 Å². The molecule has 0 aliphatic heterocycles. The molecule has 8 heteroatoms. The number of aromatic amines is 1. The second-order valence-electron chi connectivity index (χ2n) is 6.65. The Bertz CT molecular complexity index is 963. The largest absolute Gasteiger partial charge is 0.477 e. The summed E-state index contributed by atoms with van der Waals surface area (Å²) in [5, 5.41) is 9.07. The lowest BCUT2D eigenvalue weighted by Crippen LogP contribution is -2.35. The van der Waals surface area contributed by atoms with Gasteiger partial charge in [-0.05, 0) is 36.8 Å². The fourth-order valence-corrected chi connectivity index (χ4v) is 4.07. The van der Waals surface area contributed by atoms with Crippen molar-refractivity contribution in [1.29, 1.82) is 0 Å². The number of carboxylic acid groups (broad SMARTS) is 1. The van der Waals surface area contributed by atoms with E-state index in [1.54, 1.807) is 18.1 Å². The Balaban J connectivity index is 1.72. The van der Waals surface area contributed by atoms with Crippen molar-refractivity contribution in [2.24, 2.45) is 0 Å². The first-order valence-electron chi connectivity index (χ1n) is 9.26. The molecule has 29 heavy (non-hydrogen) atoms. The van der Waals surface area contributed by atoms with E-state index in [-0.39, 0.29) is 18.0 Å². The highest BCUT2D eigenvalue weighted by Gasteiger charge is 2.19. The minimum Gasteiger partial charge on any atom is -0.477 e. The van der Waals surface area contributed by atoms with Crippen molar-refractivity contribution < 1.29 is 24.2 Å². The van der Waals surface area contributed by atoms with E-state index in [2.05, 4.69) is 4.98 Å². The number of amides is 1. The average molecular weight is 416 g/mol. The van der Waals surface area contributed by atoms with Gasteiger partial charge in [0, 0.05) is 24.2 Å². The molecule has 3 rings (SSSR count). The molecule has 2 N–H and O–H groups in total. The summed E-state index contributed by atoms with van der Waals surface area (Å²) in [6, 6.07) is 11.2. The van der Waals surface area contributed by atoms with Gasteiger partial charge >= 0.3 is 5.97 Å². The van der Waals surface area contributed by atoms with Crippen LogP contribution in [0.1, 0.15) is 20.9 Å². The van der Waals surface area contributed by atoms with Gasteiger partial charge in [-0.2, -0.15) is 0 Å². The molecule has 0 aliphatic rings. The molecule has 3 aromatic rings. The predicted molar refractivity (Wildman–Crippen MR) is 113 cm³/mol. The Hall–Kier alpha value is -2.68. The van der Waals surface area contributed by atoms with Gasteiger partial charge in [0.1, 0.15) is 5.69 Å². The van der Waals surface area contributed by atoms with Crippen LogP contribution in [0.25, 0.3) is 10.2 Å². The molecule has 0 saturated heterocycles. The molecular formula is C21H24N2O5S.